The molecule has 1 atom stereocenters. The van der Waals surface area contributed by atoms with Gasteiger partial charge in [0.2, 0.25) is 5.91 Å². The number of ether oxygens (including phenoxy) is 1. The minimum atomic E-state index is -1.20. The molecule has 0 spiro atoms. The minimum absolute atomic E-state index is 0.0138. The van der Waals surface area contributed by atoms with Crippen molar-refractivity contribution in [2.24, 2.45) is 5.92 Å². The first-order chi connectivity index (χ1) is 16.9. The van der Waals surface area contributed by atoms with E-state index in [1.807, 2.05) is 24.3 Å². The van der Waals surface area contributed by atoms with E-state index in [0.29, 0.717) is 12.8 Å². The molecule has 0 saturated heterocycles. The number of alkyl carbamates (subject to hydrolysis) is 1. The van der Waals surface area contributed by atoms with Crippen LogP contribution in [-0.4, -0.2) is 53.2 Å². The average molecular weight is 477 g/mol. The van der Waals surface area contributed by atoms with Gasteiger partial charge in [-0.05, 0) is 53.9 Å². The van der Waals surface area contributed by atoms with Gasteiger partial charge in [0.25, 0.3) is 0 Å². The van der Waals surface area contributed by atoms with Gasteiger partial charge in [-0.1, -0.05) is 67.8 Å². The zero-order chi connectivity index (χ0) is 24.6. The highest BCUT2D eigenvalue weighted by molar-refractivity contribution is 5.91. The first-order valence-electron chi connectivity index (χ1n) is 12.5. The number of rotatable bonds is 7. The van der Waals surface area contributed by atoms with E-state index < -0.39 is 23.6 Å². The number of carbonyl (C=O) groups excluding carboxylic acids is 2. The fraction of sp³-hybridized carbons (Fsp3) is 0.464. The molecule has 2 saturated carbocycles. The van der Waals surface area contributed by atoms with Crippen molar-refractivity contribution in [2.75, 3.05) is 13.7 Å². The molecule has 3 aliphatic carbocycles. The summed E-state index contributed by atoms with van der Waals surface area (Å²) in [6.45, 7) is 0.167. The van der Waals surface area contributed by atoms with Crippen LogP contribution in [0.3, 0.4) is 0 Å². The predicted octanol–water partition coefficient (Wildman–Crippen LogP) is 4.55. The molecule has 2 aromatic rings. The van der Waals surface area contributed by atoms with Crippen molar-refractivity contribution in [3.63, 3.8) is 0 Å². The topological polar surface area (TPSA) is 95.9 Å². The van der Waals surface area contributed by atoms with Gasteiger partial charge >= 0.3 is 12.1 Å². The molecule has 0 radical (unpaired) electrons. The summed E-state index contributed by atoms with van der Waals surface area (Å²) in [5, 5.41) is 12.8. The Balaban J connectivity index is 1.27. The Morgan fingerprint density at radius 3 is 2.11 bits per heavy atom. The van der Waals surface area contributed by atoms with E-state index >= 15 is 0 Å². The van der Waals surface area contributed by atoms with Crippen LogP contribution in [0.15, 0.2) is 48.5 Å². The molecule has 0 aromatic heterocycles. The lowest BCUT2D eigenvalue weighted by atomic mass is 9.80. The molecule has 3 aliphatic rings. The molecule has 0 heterocycles. The molecule has 1 unspecified atom stereocenters. The quantitative estimate of drug-likeness (QED) is 0.611. The Morgan fingerprint density at radius 1 is 1.00 bits per heavy atom. The van der Waals surface area contributed by atoms with Gasteiger partial charge < -0.3 is 20.1 Å². The zero-order valence-electron chi connectivity index (χ0n) is 20.0. The molecule has 2 fully saturated rings. The van der Waals surface area contributed by atoms with Crippen molar-refractivity contribution >= 4 is 18.0 Å². The molecule has 7 heteroatoms. The van der Waals surface area contributed by atoms with Gasteiger partial charge in [-0.15, -0.1) is 0 Å². The van der Waals surface area contributed by atoms with Crippen LogP contribution >= 0.6 is 0 Å². The fourth-order valence-corrected chi connectivity index (χ4v) is 5.83. The molecular formula is C28H32N2O5. The first-order valence-corrected chi connectivity index (χ1v) is 12.5. The van der Waals surface area contributed by atoms with Gasteiger partial charge in [0.1, 0.15) is 18.2 Å². The van der Waals surface area contributed by atoms with Crippen LogP contribution in [0.5, 0.6) is 0 Å². The van der Waals surface area contributed by atoms with Gasteiger partial charge in [-0.25, -0.2) is 9.59 Å². The van der Waals surface area contributed by atoms with Gasteiger partial charge in [-0.3, -0.25) is 4.79 Å². The molecule has 7 nitrogen and oxygen atoms in total. The van der Waals surface area contributed by atoms with Gasteiger partial charge in [0.05, 0.1) is 0 Å². The number of amides is 2. The summed E-state index contributed by atoms with van der Waals surface area (Å²) >= 11 is 0. The Labute approximate surface area is 205 Å². The van der Waals surface area contributed by atoms with E-state index in [0.717, 1.165) is 54.4 Å². The molecule has 2 amide bonds. The third kappa shape index (κ3) is 4.28. The smallest absolute Gasteiger partial charge is 0.407 e. The van der Waals surface area contributed by atoms with Crippen molar-refractivity contribution in [3.8, 4) is 11.1 Å². The number of nitrogens with one attached hydrogen (secondary N) is 1. The van der Waals surface area contributed by atoms with Crippen LogP contribution < -0.4 is 5.32 Å². The summed E-state index contributed by atoms with van der Waals surface area (Å²) in [5.41, 5.74) is 3.34. The maximum Gasteiger partial charge on any atom is 0.407 e. The van der Waals surface area contributed by atoms with Crippen LogP contribution in [0.1, 0.15) is 62.0 Å². The Hall–Kier alpha value is -3.35. The molecule has 2 aromatic carbocycles. The van der Waals surface area contributed by atoms with Crippen molar-refractivity contribution in [1.82, 2.24) is 10.2 Å². The van der Waals surface area contributed by atoms with Crippen molar-refractivity contribution in [1.29, 1.82) is 0 Å². The maximum atomic E-state index is 13.4. The second-order valence-corrected chi connectivity index (χ2v) is 10.1. The molecule has 35 heavy (non-hydrogen) atoms. The normalized spacial score (nSPS) is 19.2. The second kappa shape index (κ2) is 9.36. The van der Waals surface area contributed by atoms with E-state index in [-0.39, 0.29) is 24.3 Å². The van der Waals surface area contributed by atoms with Crippen molar-refractivity contribution < 1.29 is 24.2 Å². The molecule has 184 valence electrons. The Kier molecular flexibility index (Phi) is 6.26. The molecule has 2 N–H and O–H groups in total. The predicted molar refractivity (Wildman–Crippen MR) is 131 cm³/mol. The lowest BCUT2D eigenvalue weighted by Gasteiger charge is -2.42. The van der Waals surface area contributed by atoms with Crippen molar-refractivity contribution in [3.05, 3.63) is 59.7 Å². The number of hydrogen-bond acceptors (Lipinski definition) is 4. The summed E-state index contributed by atoms with van der Waals surface area (Å²) in [6, 6.07) is 15.5. The van der Waals surface area contributed by atoms with Crippen molar-refractivity contribution in [2.45, 2.75) is 62.4 Å². The number of carboxylic acid groups (broad SMARTS) is 1. The summed E-state index contributed by atoms with van der Waals surface area (Å²) in [7, 11) is 1.57. The molecule has 0 aliphatic heterocycles. The van der Waals surface area contributed by atoms with E-state index in [1.165, 1.54) is 4.90 Å². The molecule has 5 rings (SSSR count). The lowest BCUT2D eigenvalue weighted by molar-refractivity contribution is -0.161. The standard InChI is InChI=1S/C28H32N2O5/c1-30(28(26(32)33)15-7-2-8-16-28)25(31)24(18-13-14-18)29-27(34)35-17-23-21-11-5-3-9-19(21)20-10-4-6-12-22(20)23/h3-6,9-12,18,23-24H,2,7-8,13-17H2,1H3,(H,29,34)(H,32,33). The van der Waals surface area contributed by atoms with Gasteiger partial charge in [0.15, 0.2) is 0 Å². The number of likely N-dealkylation sites (N-methyl/N-ethyl adjacent to an activating group) is 1. The van der Waals surface area contributed by atoms with Crippen LogP contribution in [0.25, 0.3) is 11.1 Å². The first kappa shape index (κ1) is 23.4. The zero-order valence-corrected chi connectivity index (χ0v) is 20.0. The number of fused-ring (bicyclic) bond motifs is 3. The van der Waals surface area contributed by atoms with Gasteiger partial charge in [-0.2, -0.15) is 0 Å². The molecular weight excluding hydrogens is 444 g/mol. The van der Waals surface area contributed by atoms with Gasteiger partial charge in [0, 0.05) is 13.0 Å². The van der Waals surface area contributed by atoms with E-state index in [9.17, 15) is 19.5 Å². The van der Waals surface area contributed by atoms with E-state index in [1.54, 1.807) is 7.05 Å². The second-order valence-electron chi connectivity index (χ2n) is 10.1. The number of benzene rings is 2. The van der Waals surface area contributed by atoms with Crippen LogP contribution in [0, 0.1) is 5.92 Å². The number of nitrogens with zero attached hydrogens (tertiary/aromatic N) is 1. The average Bonchev–Trinajstić information content (AvgIpc) is 3.68. The summed E-state index contributed by atoms with van der Waals surface area (Å²) < 4.78 is 5.66. The summed E-state index contributed by atoms with van der Waals surface area (Å²) in [4.78, 5) is 39.9. The highest BCUT2D eigenvalue weighted by Crippen LogP contribution is 2.44. The highest BCUT2D eigenvalue weighted by Gasteiger charge is 2.49. The number of hydrogen-bond donors (Lipinski definition) is 2. The largest absolute Gasteiger partial charge is 0.479 e. The number of carbonyl (C=O) groups is 3. The minimum Gasteiger partial charge on any atom is -0.479 e. The molecule has 0 bridgehead atoms. The van der Waals surface area contributed by atoms with Crippen LogP contribution in [0.2, 0.25) is 0 Å². The number of carboxylic acids is 1. The van der Waals surface area contributed by atoms with E-state index in [2.05, 4.69) is 29.6 Å². The third-order valence-corrected chi connectivity index (χ3v) is 8.03. The monoisotopic (exact) mass is 476 g/mol. The third-order valence-electron chi connectivity index (χ3n) is 8.03. The fourth-order valence-electron chi connectivity index (χ4n) is 5.83. The summed E-state index contributed by atoms with van der Waals surface area (Å²) in [5.74, 6) is -1.36. The summed E-state index contributed by atoms with van der Waals surface area (Å²) in [6.07, 6.45) is 4.41. The lowest BCUT2D eigenvalue weighted by Crippen LogP contribution is -2.61. The Morgan fingerprint density at radius 2 is 1.57 bits per heavy atom. The Bertz CT molecular complexity index is 1090. The van der Waals surface area contributed by atoms with Crippen LogP contribution in [0.4, 0.5) is 4.79 Å². The maximum absolute atomic E-state index is 13.4. The van der Waals surface area contributed by atoms with Crippen LogP contribution in [-0.2, 0) is 14.3 Å². The van der Waals surface area contributed by atoms with E-state index in [4.69, 9.17) is 4.74 Å². The number of aliphatic carboxylic acids is 1. The highest BCUT2D eigenvalue weighted by atomic mass is 16.5. The SMILES string of the molecule is CN(C(=O)C(NC(=O)OCC1c2ccccc2-c2ccccc21)C1CC1)C1(C(=O)O)CCCCC1.